The monoisotopic (exact) mass is 475 g/mol. The third kappa shape index (κ3) is 3.23. The van der Waals surface area contributed by atoms with E-state index in [1.54, 1.807) is 16.1 Å². The number of nitrogens with two attached hydrogens (primary N) is 1. The van der Waals surface area contributed by atoms with Gasteiger partial charge in [0.05, 0.1) is 33.2 Å². The third-order valence-electron chi connectivity index (χ3n) is 5.91. The molecule has 6 rings (SSSR count). The molecule has 0 saturated carbocycles. The molecule has 164 valence electrons. The van der Waals surface area contributed by atoms with Crippen molar-refractivity contribution in [2.24, 2.45) is 0 Å². The van der Waals surface area contributed by atoms with E-state index in [0.29, 0.717) is 33.1 Å². The van der Waals surface area contributed by atoms with Crippen LogP contribution in [0.1, 0.15) is 24.7 Å². The zero-order valence-electron chi connectivity index (χ0n) is 17.3. The van der Waals surface area contributed by atoms with Crippen LogP contribution in [-0.4, -0.2) is 31.0 Å². The molecule has 0 unspecified atom stereocenters. The molecule has 1 aliphatic rings. The van der Waals surface area contributed by atoms with Gasteiger partial charge >= 0.3 is 0 Å². The van der Waals surface area contributed by atoms with Crippen molar-refractivity contribution in [3.63, 3.8) is 0 Å². The molecular weight excluding hydrogens is 458 g/mol. The number of anilines is 2. The molecule has 4 heterocycles. The predicted molar refractivity (Wildman–Crippen MR) is 131 cm³/mol. The number of thiazole rings is 1. The minimum absolute atomic E-state index is 0.194. The van der Waals surface area contributed by atoms with Crippen LogP contribution in [0, 0.1) is 0 Å². The molecule has 1 fully saturated rings. The number of benzene rings is 2. The summed E-state index contributed by atoms with van der Waals surface area (Å²) >= 11 is 7.85. The highest BCUT2D eigenvalue weighted by molar-refractivity contribution is 7.16. The Balaban J connectivity index is 1.62. The van der Waals surface area contributed by atoms with Gasteiger partial charge in [-0.25, -0.2) is 15.0 Å². The normalized spacial score (nSPS) is 16.2. The van der Waals surface area contributed by atoms with Crippen molar-refractivity contribution in [1.29, 1.82) is 0 Å². The first-order chi connectivity index (χ1) is 16.1. The summed E-state index contributed by atoms with van der Waals surface area (Å²) in [7, 11) is 0. The maximum absolute atomic E-state index is 13.8. The van der Waals surface area contributed by atoms with Gasteiger partial charge in [-0.1, -0.05) is 35.9 Å². The fraction of sp³-hybridized carbons (Fsp3) is 0.174. The van der Waals surface area contributed by atoms with Crippen LogP contribution in [0.5, 0.6) is 0 Å². The molecule has 1 aliphatic heterocycles. The molecule has 0 spiro atoms. The van der Waals surface area contributed by atoms with Crippen molar-refractivity contribution in [2.75, 3.05) is 17.2 Å². The summed E-state index contributed by atoms with van der Waals surface area (Å²) in [6, 6.07) is 14.7. The molecule has 8 nitrogen and oxygen atoms in total. The number of nitrogen functional groups attached to an aromatic ring is 1. The van der Waals surface area contributed by atoms with Crippen LogP contribution >= 0.6 is 22.9 Å². The first-order valence-electron chi connectivity index (χ1n) is 10.5. The summed E-state index contributed by atoms with van der Waals surface area (Å²) in [6.45, 7) is 0.742. The average molecular weight is 476 g/mol. The predicted octanol–water partition coefficient (Wildman–Crippen LogP) is 4.36. The highest BCUT2D eigenvalue weighted by Crippen LogP contribution is 2.38. The molecule has 0 aliphatic carbocycles. The van der Waals surface area contributed by atoms with Gasteiger partial charge in [0.1, 0.15) is 11.3 Å². The lowest BCUT2D eigenvalue weighted by Crippen LogP contribution is -2.32. The number of nitrogens with zero attached hydrogens (tertiary/aromatic N) is 6. The fourth-order valence-corrected chi connectivity index (χ4v) is 5.42. The average Bonchev–Trinajstić information content (AvgIpc) is 3.48. The van der Waals surface area contributed by atoms with Gasteiger partial charge < -0.3 is 10.6 Å². The van der Waals surface area contributed by atoms with E-state index in [0.717, 1.165) is 29.9 Å². The van der Waals surface area contributed by atoms with Gasteiger partial charge in [0, 0.05) is 6.54 Å². The Kier molecular flexibility index (Phi) is 4.74. The summed E-state index contributed by atoms with van der Waals surface area (Å²) < 4.78 is 1.67. The van der Waals surface area contributed by atoms with Gasteiger partial charge in [-0.2, -0.15) is 4.98 Å². The Bertz CT molecular complexity index is 1570. The molecule has 1 saturated heterocycles. The quantitative estimate of drug-likeness (QED) is 0.413. The summed E-state index contributed by atoms with van der Waals surface area (Å²) in [4.78, 5) is 34.9. The van der Waals surface area contributed by atoms with Crippen LogP contribution in [0.25, 0.3) is 26.9 Å². The van der Waals surface area contributed by atoms with Crippen molar-refractivity contribution in [3.05, 3.63) is 75.2 Å². The molecule has 2 aromatic carbocycles. The van der Waals surface area contributed by atoms with E-state index in [1.807, 2.05) is 42.5 Å². The molecular formula is C23H18ClN7OS. The van der Waals surface area contributed by atoms with Crippen molar-refractivity contribution < 1.29 is 0 Å². The van der Waals surface area contributed by atoms with E-state index in [1.165, 1.54) is 11.3 Å². The number of rotatable bonds is 3. The molecule has 3 aromatic heterocycles. The van der Waals surface area contributed by atoms with E-state index in [9.17, 15) is 4.79 Å². The SMILES string of the molecule is Nc1nc(N2CCC[C@H]2c2nc3cccc(Cl)c3c(=O)n2-c2ccccc2)c2ncsc2n1. The molecule has 0 bridgehead atoms. The van der Waals surface area contributed by atoms with Gasteiger partial charge in [0.2, 0.25) is 5.95 Å². The van der Waals surface area contributed by atoms with Crippen molar-refractivity contribution in [2.45, 2.75) is 18.9 Å². The van der Waals surface area contributed by atoms with Gasteiger partial charge in [-0.3, -0.25) is 9.36 Å². The number of hydrogen-bond acceptors (Lipinski definition) is 8. The molecule has 0 amide bonds. The van der Waals surface area contributed by atoms with Gasteiger partial charge in [0.15, 0.2) is 10.6 Å². The zero-order valence-corrected chi connectivity index (χ0v) is 18.9. The van der Waals surface area contributed by atoms with Crippen LogP contribution in [-0.2, 0) is 0 Å². The number of aromatic nitrogens is 5. The second-order valence-electron chi connectivity index (χ2n) is 7.84. The molecule has 2 N–H and O–H groups in total. The Morgan fingerprint density at radius 1 is 1.06 bits per heavy atom. The summed E-state index contributed by atoms with van der Waals surface area (Å²) in [5.41, 5.74) is 9.58. The molecule has 5 aromatic rings. The van der Waals surface area contributed by atoms with E-state index >= 15 is 0 Å². The van der Waals surface area contributed by atoms with Gasteiger partial charge in [0.25, 0.3) is 5.56 Å². The molecule has 1 atom stereocenters. The van der Waals surface area contributed by atoms with Crippen LogP contribution in [0.15, 0.2) is 58.8 Å². The second-order valence-corrected chi connectivity index (χ2v) is 9.08. The fourth-order valence-electron chi connectivity index (χ4n) is 4.51. The van der Waals surface area contributed by atoms with Crippen LogP contribution < -0.4 is 16.2 Å². The first-order valence-corrected chi connectivity index (χ1v) is 11.8. The summed E-state index contributed by atoms with van der Waals surface area (Å²) in [6.07, 6.45) is 1.72. The zero-order chi connectivity index (χ0) is 22.5. The van der Waals surface area contributed by atoms with E-state index in [4.69, 9.17) is 22.3 Å². The standard InChI is InChI=1S/C23H18ClN7OS/c24-14-8-4-9-15-17(14)22(32)31(13-6-2-1-3-7-13)19(27-15)16-10-5-11-30(16)20-18-21(33-12-26-18)29-23(25)28-20/h1-4,6-9,12,16H,5,10-11H2,(H2,25,28,29)/t16-/m0/s1. The molecule has 10 heteroatoms. The highest BCUT2D eigenvalue weighted by Gasteiger charge is 2.34. The molecule has 0 radical (unpaired) electrons. The largest absolute Gasteiger partial charge is 0.368 e. The number of fused-ring (bicyclic) bond motifs is 2. The van der Waals surface area contributed by atoms with E-state index < -0.39 is 0 Å². The maximum Gasteiger partial charge on any atom is 0.267 e. The van der Waals surface area contributed by atoms with Crippen LogP contribution in [0.2, 0.25) is 5.02 Å². The Hall–Kier alpha value is -3.56. The number of halogens is 1. The number of para-hydroxylation sites is 1. The first kappa shape index (κ1) is 20.1. The van der Waals surface area contributed by atoms with Crippen molar-refractivity contribution in [1.82, 2.24) is 24.5 Å². The Morgan fingerprint density at radius 3 is 2.76 bits per heavy atom. The van der Waals surface area contributed by atoms with E-state index in [2.05, 4.69) is 19.9 Å². The maximum atomic E-state index is 13.8. The Morgan fingerprint density at radius 2 is 1.91 bits per heavy atom. The smallest absolute Gasteiger partial charge is 0.267 e. The van der Waals surface area contributed by atoms with Crippen LogP contribution in [0.4, 0.5) is 11.8 Å². The lowest BCUT2D eigenvalue weighted by molar-refractivity contribution is 0.634. The highest BCUT2D eigenvalue weighted by atomic mass is 35.5. The number of hydrogen-bond donors (Lipinski definition) is 1. The lowest BCUT2D eigenvalue weighted by Gasteiger charge is -2.27. The topological polar surface area (TPSA) is 103 Å². The van der Waals surface area contributed by atoms with Gasteiger partial charge in [-0.15, -0.1) is 11.3 Å². The van der Waals surface area contributed by atoms with Crippen molar-refractivity contribution >= 4 is 56.0 Å². The lowest BCUT2D eigenvalue weighted by atomic mass is 10.1. The Labute approximate surface area is 197 Å². The van der Waals surface area contributed by atoms with Gasteiger partial charge in [-0.05, 0) is 37.1 Å². The van der Waals surface area contributed by atoms with Crippen LogP contribution in [0.3, 0.4) is 0 Å². The molecule has 33 heavy (non-hydrogen) atoms. The minimum atomic E-state index is -0.195. The summed E-state index contributed by atoms with van der Waals surface area (Å²) in [5, 5.41) is 0.793. The third-order valence-corrected chi connectivity index (χ3v) is 6.94. The second kappa shape index (κ2) is 7.79. The van der Waals surface area contributed by atoms with E-state index in [-0.39, 0.29) is 17.5 Å². The minimum Gasteiger partial charge on any atom is -0.368 e. The summed E-state index contributed by atoms with van der Waals surface area (Å²) in [5.74, 6) is 1.51. The van der Waals surface area contributed by atoms with Crippen molar-refractivity contribution in [3.8, 4) is 5.69 Å².